The Balaban J connectivity index is 2.56. The number of rotatable bonds is 7. The maximum atomic E-state index is 12.8. The Morgan fingerprint density at radius 1 is 1.30 bits per heavy atom. The van der Waals surface area contributed by atoms with Crippen molar-refractivity contribution in [2.45, 2.75) is 38.6 Å². The Kier molecular flexibility index (Phi) is 6.70. The largest absolute Gasteiger partial charge is 0.467 e. The third kappa shape index (κ3) is 5.38. The van der Waals surface area contributed by atoms with Gasteiger partial charge in [-0.1, -0.05) is 31.9 Å². The molecular weight excluding hydrogens is 261 g/mol. The van der Waals surface area contributed by atoms with E-state index in [1.807, 2.05) is 6.92 Å². The lowest BCUT2D eigenvalue weighted by molar-refractivity contribution is -0.145. The molecule has 110 valence electrons. The Bertz CT molecular complexity index is 445. The predicted octanol–water partition coefficient (Wildman–Crippen LogP) is 2.22. The van der Waals surface area contributed by atoms with Gasteiger partial charge in [-0.05, 0) is 24.1 Å². The first-order chi connectivity index (χ1) is 9.56. The van der Waals surface area contributed by atoms with Crippen LogP contribution in [0.2, 0.25) is 0 Å². The first kappa shape index (κ1) is 16.1. The first-order valence-corrected chi connectivity index (χ1v) is 6.68. The molecule has 1 aromatic rings. The number of carbonyl (C=O) groups is 2. The van der Waals surface area contributed by atoms with Crippen LogP contribution in [0.3, 0.4) is 0 Å². The van der Waals surface area contributed by atoms with Gasteiger partial charge in [-0.3, -0.25) is 4.79 Å². The number of methoxy groups -OCH3 is 1. The van der Waals surface area contributed by atoms with E-state index in [1.54, 1.807) is 12.1 Å². The van der Waals surface area contributed by atoms with Crippen LogP contribution in [0, 0.1) is 5.82 Å². The zero-order valence-electron chi connectivity index (χ0n) is 11.8. The van der Waals surface area contributed by atoms with Gasteiger partial charge in [0.25, 0.3) is 0 Å². The quantitative estimate of drug-likeness (QED) is 0.780. The summed E-state index contributed by atoms with van der Waals surface area (Å²) < 4.78 is 17.4. The highest BCUT2D eigenvalue weighted by Gasteiger charge is 2.20. The second-order valence-electron chi connectivity index (χ2n) is 4.59. The number of ether oxygens (including phenoxy) is 1. The summed E-state index contributed by atoms with van der Waals surface area (Å²) in [5.41, 5.74) is 0.697. The molecule has 1 atom stereocenters. The molecule has 0 radical (unpaired) electrons. The van der Waals surface area contributed by atoms with Gasteiger partial charge in [0.1, 0.15) is 11.9 Å². The van der Waals surface area contributed by atoms with E-state index in [0.29, 0.717) is 12.0 Å². The minimum absolute atomic E-state index is 0.111. The molecule has 20 heavy (non-hydrogen) atoms. The topological polar surface area (TPSA) is 55.4 Å². The fourth-order valence-corrected chi connectivity index (χ4v) is 1.83. The molecule has 1 N–H and O–H groups in total. The molecule has 0 aromatic heterocycles. The van der Waals surface area contributed by atoms with Crippen LogP contribution < -0.4 is 5.32 Å². The van der Waals surface area contributed by atoms with Crippen LogP contribution in [-0.4, -0.2) is 25.0 Å². The van der Waals surface area contributed by atoms with Gasteiger partial charge in [0.05, 0.1) is 13.5 Å². The molecule has 0 unspecified atom stereocenters. The molecule has 1 amide bonds. The lowest BCUT2D eigenvalue weighted by Crippen LogP contribution is -2.42. The lowest BCUT2D eigenvalue weighted by Gasteiger charge is -2.16. The minimum atomic E-state index is -0.618. The fraction of sp³-hybridized carbons (Fsp3) is 0.467. The van der Waals surface area contributed by atoms with Crippen LogP contribution in [0.5, 0.6) is 0 Å². The zero-order valence-corrected chi connectivity index (χ0v) is 11.8. The molecule has 0 aliphatic rings. The molecule has 0 spiro atoms. The molecule has 4 nitrogen and oxygen atoms in total. The van der Waals surface area contributed by atoms with Crippen molar-refractivity contribution in [3.8, 4) is 0 Å². The van der Waals surface area contributed by atoms with Gasteiger partial charge in [-0.2, -0.15) is 0 Å². The van der Waals surface area contributed by atoms with Crippen molar-refractivity contribution in [1.82, 2.24) is 5.32 Å². The Morgan fingerprint density at radius 2 is 1.95 bits per heavy atom. The molecule has 0 fully saturated rings. The number of hydrogen-bond donors (Lipinski definition) is 1. The summed E-state index contributed by atoms with van der Waals surface area (Å²) in [4.78, 5) is 23.4. The van der Waals surface area contributed by atoms with E-state index in [0.717, 1.165) is 12.8 Å². The van der Waals surface area contributed by atoms with E-state index in [4.69, 9.17) is 0 Å². The summed E-state index contributed by atoms with van der Waals surface area (Å²) in [7, 11) is 1.30. The number of nitrogens with one attached hydrogen (secondary N) is 1. The summed E-state index contributed by atoms with van der Waals surface area (Å²) >= 11 is 0. The van der Waals surface area contributed by atoms with Gasteiger partial charge in [0.2, 0.25) is 5.91 Å². The number of unbranched alkanes of at least 4 members (excludes halogenated alkanes) is 1. The second kappa shape index (κ2) is 8.30. The van der Waals surface area contributed by atoms with Crippen molar-refractivity contribution in [2.75, 3.05) is 7.11 Å². The van der Waals surface area contributed by atoms with Crippen molar-refractivity contribution < 1.29 is 18.7 Å². The number of esters is 1. The van der Waals surface area contributed by atoms with E-state index >= 15 is 0 Å². The fourth-order valence-electron chi connectivity index (χ4n) is 1.83. The molecule has 0 bridgehead atoms. The number of benzene rings is 1. The average molecular weight is 281 g/mol. The standard InChI is InChI=1S/C15H20FNO3/c1-3-4-5-13(15(19)20-2)17-14(18)10-11-6-8-12(16)9-7-11/h6-9,13H,3-5,10H2,1-2H3,(H,17,18)/t13-/m0/s1. The van der Waals surface area contributed by atoms with Gasteiger partial charge >= 0.3 is 5.97 Å². The Labute approximate surface area is 118 Å². The second-order valence-corrected chi connectivity index (χ2v) is 4.59. The van der Waals surface area contributed by atoms with Crippen LogP contribution >= 0.6 is 0 Å². The van der Waals surface area contributed by atoms with Crippen LogP contribution in [-0.2, 0) is 20.7 Å². The van der Waals surface area contributed by atoms with E-state index in [1.165, 1.54) is 19.2 Å². The highest BCUT2D eigenvalue weighted by atomic mass is 19.1. The molecular formula is C15H20FNO3. The van der Waals surface area contributed by atoms with Crippen LogP contribution in [0.4, 0.5) is 4.39 Å². The van der Waals surface area contributed by atoms with Crippen molar-refractivity contribution >= 4 is 11.9 Å². The normalized spacial score (nSPS) is 11.8. The van der Waals surface area contributed by atoms with Crippen LogP contribution in [0.25, 0.3) is 0 Å². The average Bonchev–Trinajstić information content (AvgIpc) is 2.45. The van der Waals surface area contributed by atoms with Crippen molar-refractivity contribution in [3.05, 3.63) is 35.6 Å². The summed E-state index contributed by atoms with van der Waals surface area (Å²) in [6, 6.07) is 5.09. The zero-order chi connectivity index (χ0) is 15.0. The Hall–Kier alpha value is -1.91. The first-order valence-electron chi connectivity index (χ1n) is 6.68. The van der Waals surface area contributed by atoms with E-state index < -0.39 is 12.0 Å². The van der Waals surface area contributed by atoms with E-state index in [9.17, 15) is 14.0 Å². The molecule has 0 saturated carbocycles. The molecule has 1 rings (SSSR count). The molecule has 0 heterocycles. The summed E-state index contributed by atoms with van der Waals surface area (Å²) in [6.07, 6.45) is 2.43. The van der Waals surface area contributed by atoms with Crippen molar-refractivity contribution in [3.63, 3.8) is 0 Å². The highest BCUT2D eigenvalue weighted by Crippen LogP contribution is 2.06. The Morgan fingerprint density at radius 3 is 2.50 bits per heavy atom. The molecule has 0 aliphatic heterocycles. The van der Waals surface area contributed by atoms with E-state index in [-0.39, 0.29) is 18.1 Å². The lowest BCUT2D eigenvalue weighted by atomic mass is 10.1. The summed E-state index contributed by atoms with van der Waals surface area (Å²) in [5, 5.41) is 2.66. The number of halogens is 1. The van der Waals surface area contributed by atoms with Crippen molar-refractivity contribution in [2.24, 2.45) is 0 Å². The minimum Gasteiger partial charge on any atom is -0.467 e. The van der Waals surface area contributed by atoms with E-state index in [2.05, 4.69) is 10.1 Å². The van der Waals surface area contributed by atoms with Gasteiger partial charge in [0.15, 0.2) is 0 Å². The molecule has 5 heteroatoms. The van der Waals surface area contributed by atoms with Crippen LogP contribution in [0.15, 0.2) is 24.3 Å². The molecule has 1 aromatic carbocycles. The summed E-state index contributed by atoms with van der Waals surface area (Å²) in [5.74, 6) is -1.06. The highest BCUT2D eigenvalue weighted by molar-refractivity contribution is 5.85. The number of carbonyl (C=O) groups excluding carboxylic acids is 2. The van der Waals surface area contributed by atoms with Gasteiger partial charge in [0, 0.05) is 0 Å². The van der Waals surface area contributed by atoms with Crippen LogP contribution in [0.1, 0.15) is 31.7 Å². The third-order valence-electron chi connectivity index (χ3n) is 2.95. The van der Waals surface area contributed by atoms with Crippen molar-refractivity contribution in [1.29, 1.82) is 0 Å². The third-order valence-corrected chi connectivity index (χ3v) is 2.95. The van der Waals surface area contributed by atoms with Gasteiger partial charge < -0.3 is 10.1 Å². The summed E-state index contributed by atoms with van der Waals surface area (Å²) in [6.45, 7) is 2.01. The SMILES string of the molecule is CCCC[C@H](NC(=O)Cc1ccc(F)cc1)C(=O)OC. The predicted molar refractivity (Wildman–Crippen MR) is 73.6 cm³/mol. The monoisotopic (exact) mass is 281 g/mol. The maximum absolute atomic E-state index is 12.8. The maximum Gasteiger partial charge on any atom is 0.328 e. The smallest absolute Gasteiger partial charge is 0.328 e. The van der Waals surface area contributed by atoms with Gasteiger partial charge in [-0.15, -0.1) is 0 Å². The molecule has 0 saturated heterocycles. The number of hydrogen-bond acceptors (Lipinski definition) is 3. The number of amides is 1. The molecule has 0 aliphatic carbocycles. The van der Waals surface area contributed by atoms with Gasteiger partial charge in [-0.25, -0.2) is 9.18 Å².